The van der Waals surface area contributed by atoms with Gasteiger partial charge in [-0.3, -0.25) is 14.4 Å². The van der Waals surface area contributed by atoms with Crippen molar-refractivity contribution in [1.82, 2.24) is 15.1 Å². The van der Waals surface area contributed by atoms with Gasteiger partial charge < -0.3 is 34.8 Å². The Hall–Kier alpha value is -4.64. The molecule has 2 saturated heterocycles. The molecule has 5 rings (SSSR count). The van der Waals surface area contributed by atoms with Crippen molar-refractivity contribution < 1.29 is 28.2 Å². The molecule has 3 aromatic rings. The summed E-state index contributed by atoms with van der Waals surface area (Å²) in [5.41, 5.74) is 2.31. The molecule has 43 heavy (non-hydrogen) atoms. The van der Waals surface area contributed by atoms with Gasteiger partial charge in [0.25, 0.3) is 17.7 Å². The van der Waals surface area contributed by atoms with Crippen LogP contribution in [0.3, 0.4) is 0 Å². The van der Waals surface area contributed by atoms with Crippen LogP contribution < -0.4 is 25.0 Å². The Labute approximate surface area is 250 Å². The molecule has 0 bridgehead atoms. The Morgan fingerprint density at radius 3 is 2.16 bits per heavy atom. The summed E-state index contributed by atoms with van der Waals surface area (Å²) in [5, 5.41) is 6.16. The summed E-state index contributed by atoms with van der Waals surface area (Å²) in [6.07, 6.45) is 0.692. The molecule has 226 valence electrons. The lowest BCUT2D eigenvalue weighted by atomic mass is 10.1. The topological polar surface area (TPSA) is 103 Å². The maximum absolute atomic E-state index is 13.9. The highest BCUT2D eigenvalue weighted by atomic mass is 19.1. The Kier molecular flexibility index (Phi) is 9.41. The van der Waals surface area contributed by atoms with Gasteiger partial charge in [-0.05, 0) is 61.0 Å². The molecule has 2 aliphatic heterocycles. The van der Waals surface area contributed by atoms with Crippen molar-refractivity contribution in [3.8, 4) is 11.5 Å². The molecule has 2 aliphatic rings. The third-order valence-corrected chi connectivity index (χ3v) is 7.74. The summed E-state index contributed by atoms with van der Waals surface area (Å²) in [6.45, 7) is 4.78. The van der Waals surface area contributed by atoms with Gasteiger partial charge >= 0.3 is 0 Å². The average Bonchev–Trinajstić information content (AvgIpc) is 3.30. The minimum Gasteiger partial charge on any atom is -0.493 e. The molecule has 0 radical (unpaired) electrons. The van der Waals surface area contributed by atoms with Crippen molar-refractivity contribution in [2.45, 2.75) is 6.42 Å². The van der Waals surface area contributed by atoms with Gasteiger partial charge in [-0.1, -0.05) is 6.07 Å². The van der Waals surface area contributed by atoms with E-state index in [4.69, 9.17) is 9.47 Å². The first kappa shape index (κ1) is 29.8. The molecule has 0 aromatic heterocycles. The second kappa shape index (κ2) is 13.6. The number of methoxy groups -OCH3 is 2. The summed E-state index contributed by atoms with van der Waals surface area (Å²) in [5.74, 6) is -0.183. The van der Waals surface area contributed by atoms with Crippen LogP contribution in [0.2, 0.25) is 0 Å². The monoisotopic (exact) mass is 589 g/mol. The maximum atomic E-state index is 13.9. The first-order valence-electron chi connectivity index (χ1n) is 14.3. The number of benzene rings is 3. The number of carbonyl (C=O) groups excluding carboxylic acids is 3. The van der Waals surface area contributed by atoms with Crippen molar-refractivity contribution in [2.75, 3.05) is 76.8 Å². The predicted molar refractivity (Wildman–Crippen MR) is 162 cm³/mol. The van der Waals surface area contributed by atoms with Crippen LogP contribution in [-0.2, 0) is 0 Å². The maximum Gasteiger partial charge on any atom is 0.255 e. The molecule has 2 fully saturated rings. The number of hydrogen-bond acceptors (Lipinski definition) is 7. The fourth-order valence-electron chi connectivity index (χ4n) is 5.43. The SMILES string of the molecule is COc1ccc(C(=O)N2CCCN(c3ccc(C(=O)N4CCNCC4)cc3NC(=O)c3cccc(F)c3)CC2)cc1OC. The van der Waals surface area contributed by atoms with E-state index in [0.717, 1.165) is 18.8 Å². The van der Waals surface area contributed by atoms with Crippen LogP contribution in [0.1, 0.15) is 37.5 Å². The zero-order valence-corrected chi connectivity index (χ0v) is 24.4. The van der Waals surface area contributed by atoms with Gasteiger partial charge in [0, 0.05) is 69.0 Å². The molecule has 2 heterocycles. The van der Waals surface area contributed by atoms with Crippen molar-refractivity contribution in [1.29, 1.82) is 0 Å². The van der Waals surface area contributed by atoms with Crippen LogP contribution in [0, 0.1) is 5.82 Å². The second-order valence-electron chi connectivity index (χ2n) is 10.4. The number of anilines is 2. The van der Waals surface area contributed by atoms with E-state index < -0.39 is 11.7 Å². The van der Waals surface area contributed by atoms with Crippen LogP contribution in [0.15, 0.2) is 60.7 Å². The minimum absolute atomic E-state index is 0.112. The highest BCUT2D eigenvalue weighted by molar-refractivity contribution is 6.07. The van der Waals surface area contributed by atoms with Crippen molar-refractivity contribution in [3.63, 3.8) is 0 Å². The van der Waals surface area contributed by atoms with E-state index in [1.165, 1.54) is 31.4 Å². The lowest BCUT2D eigenvalue weighted by molar-refractivity contribution is 0.0734. The van der Waals surface area contributed by atoms with Gasteiger partial charge in [-0.15, -0.1) is 0 Å². The number of nitrogens with zero attached hydrogens (tertiary/aromatic N) is 3. The number of amides is 3. The molecule has 3 aromatic carbocycles. The quantitative estimate of drug-likeness (QED) is 0.435. The molecule has 0 spiro atoms. The molecule has 10 nitrogen and oxygen atoms in total. The fraction of sp³-hybridized carbons (Fsp3) is 0.344. The first-order valence-corrected chi connectivity index (χ1v) is 14.3. The van der Waals surface area contributed by atoms with E-state index in [1.54, 1.807) is 47.2 Å². The average molecular weight is 590 g/mol. The molecule has 2 N–H and O–H groups in total. The number of ether oxygens (including phenoxy) is 2. The van der Waals surface area contributed by atoms with Gasteiger partial charge in [-0.2, -0.15) is 0 Å². The minimum atomic E-state index is -0.512. The van der Waals surface area contributed by atoms with Crippen molar-refractivity contribution in [2.24, 2.45) is 0 Å². The molecule has 0 saturated carbocycles. The lowest BCUT2D eigenvalue weighted by Crippen LogP contribution is -2.46. The van der Waals surface area contributed by atoms with E-state index in [2.05, 4.69) is 15.5 Å². The van der Waals surface area contributed by atoms with Crippen LogP contribution in [-0.4, -0.2) is 94.1 Å². The highest BCUT2D eigenvalue weighted by Gasteiger charge is 2.25. The Morgan fingerprint density at radius 1 is 0.744 bits per heavy atom. The van der Waals surface area contributed by atoms with Gasteiger partial charge in [0.15, 0.2) is 11.5 Å². The normalized spacial score (nSPS) is 15.5. The summed E-state index contributed by atoms with van der Waals surface area (Å²) in [7, 11) is 3.08. The molecule has 0 aliphatic carbocycles. The van der Waals surface area contributed by atoms with Crippen LogP contribution >= 0.6 is 0 Å². The van der Waals surface area contributed by atoms with Gasteiger partial charge in [0.1, 0.15) is 5.82 Å². The predicted octanol–water partition coefficient (Wildman–Crippen LogP) is 3.49. The van der Waals surface area contributed by atoms with Crippen LogP contribution in [0.25, 0.3) is 0 Å². The second-order valence-corrected chi connectivity index (χ2v) is 10.4. The van der Waals surface area contributed by atoms with E-state index in [9.17, 15) is 18.8 Å². The van der Waals surface area contributed by atoms with Gasteiger partial charge in [0.05, 0.1) is 25.6 Å². The lowest BCUT2D eigenvalue weighted by Gasteiger charge is -2.29. The number of carbonyl (C=O) groups is 3. The van der Waals surface area contributed by atoms with E-state index in [1.807, 2.05) is 6.07 Å². The Balaban J connectivity index is 1.38. The van der Waals surface area contributed by atoms with E-state index >= 15 is 0 Å². The number of hydrogen-bond donors (Lipinski definition) is 2. The smallest absolute Gasteiger partial charge is 0.255 e. The van der Waals surface area contributed by atoms with E-state index in [-0.39, 0.29) is 17.4 Å². The number of nitrogens with one attached hydrogen (secondary N) is 2. The molecular weight excluding hydrogens is 553 g/mol. The van der Waals surface area contributed by atoms with Crippen molar-refractivity contribution in [3.05, 3.63) is 83.2 Å². The molecule has 3 amide bonds. The largest absolute Gasteiger partial charge is 0.493 e. The Bertz CT molecular complexity index is 1490. The molecular formula is C32H36FN5O5. The van der Waals surface area contributed by atoms with Crippen LogP contribution in [0.5, 0.6) is 11.5 Å². The molecule has 11 heteroatoms. The number of rotatable bonds is 7. The number of piperazine rings is 1. The third kappa shape index (κ3) is 6.89. The third-order valence-electron chi connectivity index (χ3n) is 7.74. The summed E-state index contributed by atoms with van der Waals surface area (Å²) in [6, 6.07) is 15.9. The van der Waals surface area contributed by atoms with Gasteiger partial charge in [0.2, 0.25) is 0 Å². The summed E-state index contributed by atoms with van der Waals surface area (Å²) < 4.78 is 24.5. The van der Waals surface area contributed by atoms with E-state index in [0.29, 0.717) is 74.0 Å². The van der Waals surface area contributed by atoms with Gasteiger partial charge in [-0.25, -0.2) is 4.39 Å². The molecule has 0 unspecified atom stereocenters. The number of halogens is 1. The zero-order valence-electron chi connectivity index (χ0n) is 24.4. The summed E-state index contributed by atoms with van der Waals surface area (Å²) >= 11 is 0. The Morgan fingerprint density at radius 2 is 1.44 bits per heavy atom. The zero-order chi connectivity index (χ0) is 30.3. The van der Waals surface area contributed by atoms with Crippen LogP contribution in [0.4, 0.5) is 15.8 Å². The summed E-state index contributed by atoms with van der Waals surface area (Å²) in [4.78, 5) is 45.6. The first-order chi connectivity index (χ1) is 20.9. The van der Waals surface area contributed by atoms with Crippen molar-refractivity contribution >= 4 is 29.1 Å². The standard InChI is InChI=1S/C32H36FN5O5/c1-42-28-10-8-24(21-29(28)43-2)32(41)37-14-4-13-36(17-18-37)27-9-7-23(31(40)38-15-11-34-12-16-38)20-26(27)35-30(39)22-5-3-6-25(33)19-22/h3,5-10,19-21,34H,4,11-18H2,1-2H3,(H,35,39). The highest BCUT2D eigenvalue weighted by Crippen LogP contribution is 2.31. The molecule has 0 atom stereocenters. The fourth-order valence-corrected chi connectivity index (χ4v) is 5.43.